The van der Waals surface area contributed by atoms with E-state index < -0.39 is 0 Å². The minimum Gasteiger partial charge on any atom is -0.493 e. The van der Waals surface area contributed by atoms with E-state index in [0.29, 0.717) is 17.2 Å². The Labute approximate surface area is 119 Å². The van der Waals surface area contributed by atoms with Crippen LogP contribution >= 0.6 is 0 Å². The summed E-state index contributed by atoms with van der Waals surface area (Å²) in [6.45, 7) is 4.03. The predicted octanol–water partition coefficient (Wildman–Crippen LogP) is 3.85. The molecule has 0 fully saturated rings. The lowest BCUT2D eigenvalue weighted by molar-refractivity contribution is 0.275. The van der Waals surface area contributed by atoms with Crippen LogP contribution in [0.3, 0.4) is 0 Å². The molecule has 0 aliphatic carbocycles. The van der Waals surface area contributed by atoms with E-state index in [2.05, 4.69) is 6.92 Å². The van der Waals surface area contributed by atoms with Gasteiger partial charge < -0.3 is 14.6 Å². The van der Waals surface area contributed by atoms with Gasteiger partial charge in [-0.2, -0.15) is 0 Å². The standard InChI is InChI=1S/C17H20O3/c1-4-13-6-8-16(17(10-13)19-3)20-15-7-5-12(2)9-14(15)11-18/h5-10,18H,4,11H2,1-3H3. The average molecular weight is 272 g/mol. The predicted molar refractivity (Wildman–Crippen MR) is 79.5 cm³/mol. The second-order valence-electron chi connectivity index (χ2n) is 4.71. The van der Waals surface area contributed by atoms with Crippen molar-refractivity contribution in [2.75, 3.05) is 7.11 Å². The van der Waals surface area contributed by atoms with Crippen LogP contribution in [0.15, 0.2) is 36.4 Å². The zero-order valence-electron chi connectivity index (χ0n) is 12.1. The van der Waals surface area contributed by atoms with Crippen molar-refractivity contribution in [2.45, 2.75) is 26.9 Å². The van der Waals surface area contributed by atoms with Gasteiger partial charge in [-0.25, -0.2) is 0 Å². The van der Waals surface area contributed by atoms with Crippen molar-refractivity contribution in [3.63, 3.8) is 0 Å². The third-order valence-corrected chi connectivity index (χ3v) is 3.24. The van der Waals surface area contributed by atoms with Gasteiger partial charge in [0.25, 0.3) is 0 Å². The van der Waals surface area contributed by atoms with Crippen molar-refractivity contribution in [1.82, 2.24) is 0 Å². The van der Waals surface area contributed by atoms with Crippen LogP contribution in [-0.4, -0.2) is 12.2 Å². The molecule has 0 aromatic heterocycles. The van der Waals surface area contributed by atoms with E-state index in [4.69, 9.17) is 9.47 Å². The van der Waals surface area contributed by atoms with Gasteiger partial charge in [-0.05, 0) is 37.1 Å². The van der Waals surface area contributed by atoms with Gasteiger partial charge in [0.2, 0.25) is 0 Å². The van der Waals surface area contributed by atoms with E-state index >= 15 is 0 Å². The largest absolute Gasteiger partial charge is 0.493 e. The molecule has 2 aromatic rings. The molecule has 0 aliphatic rings. The summed E-state index contributed by atoms with van der Waals surface area (Å²) in [5.41, 5.74) is 3.06. The molecule has 3 nitrogen and oxygen atoms in total. The second kappa shape index (κ2) is 6.44. The van der Waals surface area contributed by atoms with Crippen LogP contribution in [0.5, 0.6) is 17.2 Å². The summed E-state index contributed by atoms with van der Waals surface area (Å²) in [6, 6.07) is 11.6. The molecule has 106 valence electrons. The molecule has 0 radical (unpaired) electrons. The van der Waals surface area contributed by atoms with Crippen LogP contribution in [0, 0.1) is 6.92 Å². The molecular weight excluding hydrogens is 252 g/mol. The minimum absolute atomic E-state index is 0.0492. The van der Waals surface area contributed by atoms with Crippen LogP contribution in [0.25, 0.3) is 0 Å². The molecule has 0 aliphatic heterocycles. The molecule has 0 spiro atoms. The number of aliphatic hydroxyl groups excluding tert-OH is 1. The highest BCUT2D eigenvalue weighted by molar-refractivity contribution is 5.47. The summed E-state index contributed by atoms with van der Waals surface area (Å²) in [5, 5.41) is 9.42. The van der Waals surface area contributed by atoms with Gasteiger partial charge in [-0.3, -0.25) is 0 Å². The Balaban J connectivity index is 2.34. The molecule has 0 unspecified atom stereocenters. The van der Waals surface area contributed by atoms with E-state index in [1.807, 2.05) is 43.3 Å². The number of benzene rings is 2. The smallest absolute Gasteiger partial charge is 0.169 e. The van der Waals surface area contributed by atoms with E-state index in [-0.39, 0.29) is 6.61 Å². The molecule has 20 heavy (non-hydrogen) atoms. The van der Waals surface area contributed by atoms with E-state index in [0.717, 1.165) is 17.5 Å². The molecule has 0 saturated carbocycles. The van der Waals surface area contributed by atoms with Crippen molar-refractivity contribution < 1.29 is 14.6 Å². The minimum atomic E-state index is -0.0492. The van der Waals surface area contributed by atoms with Gasteiger partial charge >= 0.3 is 0 Å². The number of hydrogen-bond acceptors (Lipinski definition) is 3. The first-order valence-electron chi connectivity index (χ1n) is 6.73. The first-order chi connectivity index (χ1) is 9.67. The third-order valence-electron chi connectivity index (χ3n) is 3.24. The molecule has 0 atom stereocenters. The number of hydrogen-bond donors (Lipinski definition) is 1. The lowest BCUT2D eigenvalue weighted by atomic mass is 10.1. The Morgan fingerprint density at radius 3 is 2.40 bits per heavy atom. The molecular formula is C17H20O3. The van der Waals surface area contributed by atoms with Gasteiger partial charge in [0, 0.05) is 5.56 Å². The Bertz CT molecular complexity index is 591. The van der Waals surface area contributed by atoms with Gasteiger partial charge in [-0.1, -0.05) is 30.7 Å². The molecule has 2 rings (SSSR count). The number of aliphatic hydroxyl groups is 1. The van der Waals surface area contributed by atoms with Gasteiger partial charge in [0.1, 0.15) is 5.75 Å². The highest BCUT2D eigenvalue weighted by atomic mass is 16.5. The zero-order valence-corrected chi connectivity index (χ0v) is 12.1. The number of aryl methyl sites for hydroxylation is 2. The topological polar surface area (TPSA) is 38.7 Å². The summed E-state index contributed by atoms with van der Waals surface area (Å²) in [4.78, 5) is 0. The lowest BCUT2D eigenvalue weighted by Gasteiger charge is -2.14. The quantitative estimate of drug-likeness (QED) is 0.898. The zero-order chi connectivity index (χ0) is 14.5. The summed E-state index contributed by atoms with van der Waals surface area (Å²) >= 11 is 0. The molecule has 0 heterocycles. The van der Waals surface area contributed by atoms with Crippen molar-refractivity contribution in [3.8, 4) is 17.2 Å². The van der Waals surface area contributed by atoms with Crippen LogP contribution in [0.2, 0.25) is 0 Å². The molecule has 0 saturated heterocycles. The van der Waals surface area contributed by atoms with Crippen LogP contribution in [0.1, 0.15) is 23.6 Å². The Morgan fingerprint density at radius 2 is 1.75 bits per heavy atom. The number of ether oxygens (including phenoxy) is 2. The Kier molecular flexibility index (Phi) is 4.64. The fourth-order valence-corrected chi connectivity index (χ4v) is 2.07. The molecule has 0 bridgehead atoms. The normalized spacial score (nSPS) is 10.4. The molecule has 1 N–H and O–H groups in total. The summed E-state index contributed by atoms with van der Waals surface area (Å²) in [5.74, 6) is 2.01. The maximum Gasteiger partial charge on any atom is 0.169 e. The van der Waals surface area contributed by atoms with Crippen molar-refractivity contribution in [1.29, 1.82) is 0 Å². The van der Waals surface area contributed by atoms with E-state index in [1.54, 1.807) is 7.11 Å². The second-order valence-corrected chi connectivity index (χ2v) is 4.71. The van der Waals surface area contributed by atoms with Gasteiger partial charge in [-0.15, -0.1) is 0 Å². The van der Waals surface area contributed by atoms with Gasteiger partial charge in [0.05, 0.1) is 13.7 Å². The van der Waals surface area contributed by atoms with Gasteiger partial charge in [0.15, 0.2) is 11.5 Å². The molecule has 0 amide bonds. The first kappa shape index (κ1) is 14.4. The maximum absolute atomic E-state index is 9.42. The van der Waals surface area contributed by atoms with Crippen molar-refractivity contribution >= 4 is 0 Å². The van der Waals surface area contributed by atoms with Crippen LogP contribution in [0.4, 0.5) is 0 Å². The highest BCUT2D eigenvalue weighted by Gasteiger charge is 2.09. The Morgan fingerprint density at radius 1 is 1.00 bits per heavy atom. The highest BCUT2D eigenvalue weighted by Crippen LogP contribution is 2.34. The van der Waals surface area contributed by atoms with Crippen LogP contribution < -0.4 is 9.47 Å². The van der Waals surface area contributed by atoms with Crippen molar-refractivity contribution in [2.24, 2.45) is 0 Å². The third kappa shape index (κ3) is 3.11. The first-order valence-corrected chi connectivity index (χ1v) is 6.73. The molecule has 3 heteroatoms. The fraction of sp³-hybridized carbons (Fsp3) is 0.294. The molecule has 2 aromatic carbocycles. The Hall–Kier alpha value is -2.00. The maximum atomic E-state index is 9.42. The lowest BCUT2D eigenvalue weighted by Crippen LogP contribution is -1.95. The number of rotatable bonds is 5. The van der Waals surface area contributed by atoms with Crippen molar-refractivity contribution in [3.05, 3.63) is 53.1 Å². The number of methoxy groups -OCH3 is 1. The summed E-state index contributed by atoms with van der Waals surface area (Å²) < 4.78 is 11.3. The average Bonchev–Trinajstić information content (AvgIpc) is 2.49. The summed E-state index contributed by atoms with van der Waals surface area (Å²) in [6.07, 6.45) is 0.947. The monoisotopic (exact) mass is 272 g/mol. The van der Waals surface area contributed by atoms with E-state index in [9.17, 15) is 5.11 Å². The fourth-order valence-electron chi connectivity index (χ4n) is 2.07. The van der Waals surface area contributed by atoms with E-state index in [1.165, 1.54) is 5.56 Å². The summed E-state index contributed by atoms with van der Waals surface area (Å²) in [7, 11) is 1.63. The SMILES string of the molecule is CCc1ccc(Oc2ccc(C)cc2CO)c(OC)c1. The van der Waals surface area contributed by atoms with Crippen LogP contribution in [-0.2, 0) is 13.0 Å².